The van der Waals surface area contributed by atoms with Gasteiger partial charge in [-0.25, -0.2) is 4.68 Å². The summed E-state index contributed by atoms with van der Waals surface area (Å²) >= 11 is 3.47. The van der Waals surface area contributed by atoms with Crippen molar-refractivity contribution in [3.63, 3.8) is 0 Å². The average Bonchev–Trinajstić information content (AvgIpc) is 3.05. The standard InChI is InChI=1S/C17H22BrN5O.ClH/c1-12(9-13-3-2-4-14(18)10-13)20-17(24)16-11-23(22-21-16)15-5-7-19-8-6-15;/h2-4,10-12,15,19H,5-9H2,1H3,(H,20,24);1H. The molecule has 1 atom stereocenters. The maximum Gasteiger partial charge on any atom is 0.273 e. The molecule has 8 heteroatoms. The molecule has 2 N–H and O–H groups in total. The topological polar surface area (TPSA) is 71.8 Å². The van der Waals surface area contributed by atoms with E-state index in [1.54, 1.807) is 6.20 Å². The fourth-order valence-corrected chi connectivity index (χ4v) is 3.44. The van der Waals surface area contributed by atoms with Crippen molar-refractivity contribution in [1.29, 1.82) is 0 Å². The van der Waals surface area contributed by atoms with Crippen LogP contribution in [0.2, 0.25) is 0 Å². The maximum atomic E-state index is 12.4. The van der Waals surface area contributed by atoms with E-state index in [0.717, 1.165) is 36.8 Å². The van der Waals surface area contributed by atoms with Crippen molar-refractivity contribution >= 4 is 34.2 Å². The third-order valence-corrected chi connectivity index (χ3v) is 4.73. The number of halogens is 2. The molecule has 0 aliphatic carbocycles. The van der Waals surface area contributed by atoms with Crippen LogP contribution in [0.3, 0.4) is 0 Å². The van der Waals surface area contributed by atoms with E-state index < -0.39 is 0 Å². The van der Waals surface area contributed by atoms with Crippen LogP contribution in [0.15, 0.2) is 34.9 Å². The van der Waals surface area contributed by atoms with Gasteiger partial charge in [-0.15, -0.1) is 17.5 Å². The predicted octanol–water partition coefficient (Wildman–Crippen LogP) is 2.75. The zero-order valence-corrected chi connectivity index (χ0v) is 16.5. The highest BCUT2D eigenvalue weighted by atomic mass is 79.9. The average molecular weight is 429 g/mol. The molecule has 1 amide bonds. The Morgan fingerprint density at radius 3 is 2.92 bits per heavy atom. The highest BCUT2D eigenvalue weighted by Crippen LogP contribution is 2.17. The maximum absolute atomic E-state index is 12.4. The molecule has 0 radical (unpaired) electrons. The van der Waals surface area contributed by atoms with Gasteiger partial charge in [0.15, 0.2) is 5.69 Å². The smallest absolute Gasteiger partial charge is 0.273 e. The fraction of sp³-hybridized carbons (Fsp3) is 0.471. The predicted molar refractivity (Wildman–Crippen MR) is 103 cm³/mol. The lowest BCUT2D eigenvalue weighted by molar-refractivity contribution is 0.0935. The number of carbonyl (C=O) groups excluding carboxylic acids is 1. The minimum atomic E-state index is -0.169. The van der Waals surface area contributed by atoms with Crippen molar-refractivity contribution in [3.05, 3.63) is 46.2 Å². The van der Waals surface area contributed by atoms with Crippen LogP contribution >= 0.6 is 28.3 Å². The van der Waals surface area contributed by atoms with Crippen LogP contribution in [0.4, 0.5) is 0 Å². The largest absolute Gasteiger partial charge is 0.348 e. The Bertz CT molecular complexity index is 702. The summed E-state index contributed by atoms with van der Waals surface area (Å²) in [5.41, 5.74) is 1.56. The summed E-state index contributed by atoms with van der Waals surface area (Å²) in [5.74, 6) is -0.169. The van der Waals surface area contributed by atoms with Gasteiger partial charge in [0.05, 0.1) is 12.2 Å². The molecule has 6 nitrogen and oxygen atoms in total. The number of nitrogens with one attached hydrogen (secondary N) is 2. The number of carbonyl (C=O) groups is 1. The lowest BCUT2D eigenvalue weighted by atomic mass is 10.1. The minimum Gasteiger partial charge on any atom is -0.348 e. The van der Waals surface area contributed by atoms with Gasteiger partial charge in [0.1, 0.15) is 0 Å². The first-order valence-electron chi connectivity index (χ1n) is 8.29. The second-order valence-electron chi connectivity index (χ2n) is 6.27. The number of benzene rings is 1. The van der Waals surface area contributed by atoms with Gasteiger partial charge in [-0.1, -0.05) is 33.3 Å². The van der Waals surface area contributed by atoms with Gasteiger partial charge in [-0.05, 0) is 57.0 Å². The fourth-order valence-electron chi connectivity index (χ4n) is 3.00. The Kier molecular flexibility index (Phi) is 7.40. The van der Waals surface area contributed by atoms with Crippen LogP contribution in [0.1, 0.15) is 41.9 Å². The van der Waals surface area contributed by atoms with Crippen molar-refractivity contribution in [3.8, 4) is 0 Å². The third-order valence-electron chi connectivity index (χ3n) is 4.23. The number of aromatic nitrogens is 3. The first kappa shape index (κ1) is 19.9. The van der Waals surface area contributed by atoms with E-state index in [-0.39, 0.29) is 24.4 Å². The van der Waals surface area contributed by atoms with E-state index in [9.17, 15) is 4.79 Å². The van der Waals surface area contributed by atoms with Crippen LogP contribution in [0.5, 0.6) is 0 Å². The zero-order valence-electron chi connectivity index (χ0n) is 14.1. The van der Waals surface area contributed by atoms with E-state index in [4.69, 9.17) is 0 Å². The van der Waals surface area contributed by atoms with Gasteiger partial charge in [-0.2, -0.15) is 0 Å². The van der Waals surface area contributed by atoms with Gasteiger partial charge in [-0.3, -0.25) is 4.79 Å². The van der Waals surface area contributed by atoms with Gasteiger partial charge >= 0.3 is 0 Å². The number of piperidine rings is 1. The van der Waals surface area contributed by atoms with Crippen molar-refractivity contribution in [2.45, 2.75) is 38.3 Å². The first-order valence-corrected chi connectivity index (χ1v) is 9.09. The zero-order chi connectivity index (χ0) is 16.9. The summed E-state index contributed by atoms with van der Waals surface area (Å²) in [5, 5.41) is 14.5. The summed E-state index contributed by atoms with van der Waals surface area (Å²) in [7, 11) is 0. The molecule has 1 saturated heterocycles. The van der Waals surface area contributed by atoms with Crippen molar-refractivity contribution in [1.82, 2.24) is 25.6 Å². The summed E-state index contributed by atoms with van der Waals surface area (Å²) in [6, 6.07) is 8.47. The molecule has 0 spiro atoms. The number of hydrogen-bond acceptors (Lipinski definition) is 4. The van der Waals surface area contributed by atoms with Crippen molar-refractivity contribution < 1.29 is 4.79 Å². The second-order valence-corrected chi connectivity index (χ2v) is 7.19. The third kappa shape index (κ3) is 5.52. The van der Waals surface area contributed by atoms with Crippen LogP contribution in [-0.4, -0.2) is 40.0 Å². The normalized spacial score (nSPS) is 16.1. The van der Waals surface area contributed by atoms with Crippen molar-refractivity contribution in [2.75, 3.05) is 13.1 Å². The van der Waals surface area contributed by atoms with Gasteiger partial charge in [0.2, 0.25) is 0 Å². The van der Waals surface area contributed by atoms with Gasteiger partial charge in [0.25, 0.3) is 5.91 Å². The molecular formula is C17H23BrClN5O. The SMILES string of the molecule is CC(Cc1cccc(Br)c1)NC(=O)c1cn(C2CCNCC2)nn1.Cl. The minimum absolute atomic E-state index is 0. The molecule has 0 bridgehead atoms. The van der Waals surface area contributed by atoms with E-state index in [1.165, 1.54) is 5.56 Å². The summed E-state index contributed by atoms with van der Waals surface area (Å²) in [6.45, 7) is 3.96. The molecule has 1 aliphatic heterocycles. The van der Waals surface area contributed by atoms with Crippen LogP contribution in [0.25, 0.3) is 0 Å². The number of nitrogens with zero attached hydrogens (tertiary/aromatic N) is 3. The Hall–Kier alpha value is -1.44. The number of amides is 1. The van der Waals surface area contributed by atoms with Crippen LogP contribution in [0, 0.1) is 0 Å². The molecule has 2 aromatic rings. The Labute approximate surface area is 162 Å². The first-order chi connectivity index (χ1) is 11.6. The van der Waals surface area contributed by atoms with E-state index in [1.807, 2.05) is 23.7 Å². The van der Waals surface area contributed by atoms with E-state index in [0.29, 0.717) is 11.7 Å². The van der Waals surface area contributed by atoms with Gasteiger partial charge in [0, 0.05) is 10.5 Å². The second kappa shape index (κ2) is 9.31. The quantitative estimate of drug-likeness (QED) is 0.768. The molecule has 3 rings (SSSR count). The van der Waals surface area contributed by atoms with E-state index >= 15 is 0 Å². The molecule has 25 heavy (non-hydrogen) atoms. The number of hydrogen-bond donors (Lipinski definition) is 2. The van der Waals surface area contributed by atoms with E-state index in [2.05, 4.69) is 49.0 Å². The molecule has 136 valence electrons. The Balaban J connectivity index is 0.00000225. The van der Waals surface area contributed by atoms with Crippen LogP contribution < -0.4 is 10.6 Å². The molecule has 2 heterocycles. The highest BCUT2D eigenvalue weighted by Gasteiger charge is 2.19. The molecule has 1 unspecified atom stereocenters. The lowest BCUT2D eigenvalue weighted by Gasteiger charge is -2.22. The molecule has 1 fully saturated rings. The van der Waals surface area contributed by atoms with Gasteiger partial charge < -0.3 is 10.6 Å². The monoisotopic (exact) mass is 427 g/mol. The highest BCUT2D eigenvalue weighted by molar-refractivity contribution is 9.10. The summed E-state index contributed by atoms with van der Waals surface area (Å²) in [6.07, 6.45) is 4.57. The molecular weight excluding hydrogens is 406 g/mol. The molecule has 1 aliphatic rings. The Morgan fingerprint density at radius 2 is 2.20 bits per heavy atom. The van der Waals surface area contributed by atoms with Crippen LogP contribution in [-0.2, 0) is 6.42 Å². The number of rotatable bonds is 5. The molecule has 1 aromatic heterocycles. The van der Waals surface area contributed by atoms with Crippen molar-refractivity contribution in [2.24, 2.45) is 0 Å². The summed E-state index contributed by atoms with van der Waals surface area (Å²) < 4.78 is 2.87. The lowest BCUT2D eigenvalue weighted by Crippen LogP contribution is -2.34. The summed E-state index contributed by atoms with van der Waals surface area (Å²) in [4.78, 5) is 12.4. The molecule has 1 aromatic carbocycles. The molecule has 0 saturated carbocycles. The Morgan fingerprint density at radius 1 is 1.44 bits per heavy atom.